The van der Waals surface area contributed by atoms with Crippen LogP contribution in [0.25, 0.3) is 11.0 Å². The average molecular weight is 388 g/mol. The van der Waals surface area contributed by atoms with Crippen molar-refractivity contribution in [2.45, 2.75) is 0 Å². The topological polar surface area (TPSA) is 97.7 Å². The molecule has 1 aromatic heterocycles. The Morgan fingerprint density at radius 2 is 2.08 bits per heavy atom. The van der Waals surface area contributed by atoms with Crippen LogP contribution in [0.5, 0.6) is 0 Å². The van der Waals surface area contributed by atoms with Crippen molar-refractivity contribution in [1.29, 1.82) is 0 Å². The third-order valence-electron chi connectivity index (χ3n) is 3.16. The van der Waals surface area contributed by atoms with Crippen molar-refractivity contribution >= 4 is 44.7 Å². The molecule has 7 nitrogen and oxygen atoms in total. The van der Waals surface area contributed by atoms with Crippen LogP contribution in [0.4, 0.5) is 5.69 Å². The van der Waals surface area contributed by atoms with Gasteiger partial charge in [-0.1, -0.05) is 28.1 Å². The van der Waals surface area contributed by atoms with E-state index >= 15 is 0 Å². The molecule has 2 aromatic carbocycles. The first-order chi connectivity index (χ1) is 11.5. The van der Waals surface area contributed by atoms with Crippen molar-refractivity contribution in [1.82, 2.24) is 5.43 Å². The van der Waals surface area contributed by atoms with Crippen LogP contribution in [0.2, 0.25) is 0 Å². The Bertz CT molecular complexity index is 965. The van der Waals surface area contributed by atoms with E-state index in [1.807, 2.05) is 12.1 Å². The van der Waals surface area contributed by atoms with E-state index in [1.165, 1.54) is 18.3 Å². The zero-order valence-electron chi connectivity index (χ0n) is 12.1. The summed E-state index contributed by atoms with van der Waals surface area (Å²) in [5, 5.41) is 15.3. The number of non-ortho nitro benzene ring substituents is 1. The highest BCUT2D eigenvalue weighted by Gasteiger charge is 2.11. The lowest BCUT2D eigenvalue weighted by molar-refractivity contribution is -0.384. The molecule has 1 amide bonds. The minimum Gasteiger partial charge on any atom is -0.451 e. The molecule has 0 bridgehead atoms. The fourth-order valence-electron chi connectivity index (χ4n) is 2.07. The molecule has 0 atom stereocenters. The van der Waals surface area contributed by atoms with Gasteiger partial charge in [-0.05, 0) is 24.3 Å². The number of halogens is 1. The molecule has 3 aromatic rings. The summed E-state index contributed by atoms with van der Waals surface area (Å²) in [7, 11) is 0. The van der Waals surface area contributed by atoms with Gasteiger partial charge in [-0.25, -0.2) is 5.43 Å². The second-order valence-electron chi connectivity index (χ2n) is 4.84. The van der Waals surface area contributed by atoms with Crippen molar-refractivity contribution < 1.29 is 14.1 Å². The normalized spacial score (nSPS) is 11.0. The molecular formula is C16H10BrN3O4. The number of furan rings is 1. The highest BCUT2D eigenvalue weighted by molar-refractivity contribution is 9.10. The van der Waals surface area contributed by atoms with Gasteiger partial charge in [0.05, 0.1) is 11.1 Å². The highest BCUT2D eigenvalue weighted by atomic mass is 79.9. The van der Waals surface area contributed by atoms with Gasteiger partial charge in [-0.3, -0.25) is 14.9 Å². The number of amides is 1. The number of carbonyl (C=O) groups is 1. The number of hydrogen-bond acceptors (Lipinski definition) is 5. The predicted octanol–water partition coefficient (Wildman–Crippen LogP) is 3.87. The van der Waals surface area contributed by atoms with Gasteiger partial charge < -0.3 is 4.42 Å². The summed E-state index contributed by atoms with van der Waals surface area (Å²) in [5.41, 5.74) is 3.37. The van der Waals surface area contributed by atoms with Gasteiger partial charge in [0.25, 0.3) is 5.69 Å². The summed E-state index contributed by atoms with van der Waals surface area (Å²) >= 11 is 3.35. The maximum absolute atomic E-state index is 12.0. The number of benzene rings is 2. The lowest BCUT2D eigenvalue weighted by Gasteiger charge is -1.96. The number of nitrogens with zero attached hydrogens (tertiary/aromatic N) is 2. The number of fused-ring (bicyclic) bond motifs is 1. The zero-order valence-corrected chi connectivity index (χ0v) is 13.7. The minimum absolute atomic E-state index is 0.0480. The summed E-state index contributed by atoms with van der Waals surface area (Å²) in [4.78, 5) is 22.2. The van der Waals surface area contributed by atoms with E-state index < -0.39 is 10.8 Å². The molecule has 0 saturated heterocycles. The molecule has 1 N–H and O–H groups in total. The minimum atomic E-state index is -0.510. The van der Waals surface area contributed by atoms with E-state index in [1.54, 1.807) is 24.3 Å². The number of carbonyl (C=O) groups excluding carboxylic acids is 1. The lowest BCUT2D eigenvalue weighted by Crippen LogP contribution is -2.16. The van der Waals surface area contributed by atoms with Crippen LogP contribution in [0.1, 0.15) is 16.1 Å². The Labute approximate surface area is 144 Å². The van der Waals surface area contributed by atoms with Crippen LogP contribution in [0.15, 0.2) is 62.5 Å². The fourth-order valence-corrected chi connectivity index (χ4v) is 2.44. The first-order valence-electron chi connectivity index (χ1n) is 6.80. The molecule has 0 spiro atoms. The molecule has 0 aliphatic rings. The Kier molecular flexibility index (Phi) is 4.39. The summed E-state index contributed by atoms with van der Waals surface area (Å²) in [6, 6.07) is 12.9. The van der Waals surface area contributed by atoms with E-state index in [0.717, 1.165) is 9.86 Å². The van der Waals surface area contributed by atoms with Gasteiger partial charge in [-0.15, -0.1) is 0 Å². The van der Waals surface area contributed by atoms with E-state index in [0.29, 0.717) is 11.1 Å². The number of nitro benzene ring substituents is 1. The second kappa shape index (κ2) is 6.63. The number of hydrogen-bond donors (Lipinski definition) is 1. The fraction of sp³-hybridized carbons (Fsp3) is 0. The standard InChI is InChI=1S/C16H10BrN3O4/c17-12-4-5-14-11(7-12)8-15(24-14)16(21)19-18-9-10-2-1-3-13(6-10)20(22)23/h1-9H,(H,19,21)/b18-9+. The molecule has 0 unspecified atom stereocenters. The Hall–Kier alpha value is -3.00. The third kappa shape index (κ3) is 3.49. The molecule has 0 aliphatic heterocycles. The van der Waals surface area contributed by atoms with Gasteiger partial charge in [0, 0.05) is 27.6 Å². The van der Waals surface area contributed by atoms with Crippen LogP contribution in [0, 0.1) is 10.1 Å². The second-order valence-corrected chi connectivity index (χ2v) is 5.76. The maximum atomic E-state index is 12.0. The van der Waals surface area contributed by atoms with Crippen LogP contribution in [-0.2, 0) is 0 Å². The number of rotatable bonds is 4. The van der Waals surface area contributed by atoms with E-state index in [2.05, 4.69) is 26.5 Å². The summed E-state index contributed by atoms with van der Waals surface area (Å²) in [6.07, 6.45) is 1.32. The van der Waals surface area contributed by atoms with Crippen molar-refractivity contribution in [2.75, 3.05) is 0 Å². The molecule has 24 heavy (non-hydrogen) atoms. The molecule has 0 radical (unpaired) electrons. The van der Waals surface area contributed by atoms with Crippen LogP contribution >= 0.6 is 15.9 Å². The van der Waals surface area contributed by atoms with E-state index in [-0.39, 0.29) is 11.4 Å². The van der Waals surface area contributed by atoms with Crippen molar-refractivity contribution in [2.24, 2.45) is 5.10 Å². The molecule has 0 fully saturated rings. The Morgan fingerprint density at radius 1 is 1.25 bits per heavy atom. The molecular weight excluding hydrogens is 378 g/mol. The Morgan fingerprint density at radius 3 is 2.88 bits per heavy atom. The predicted molar refractivity (Wildman–Crippen MR) is 92.1 cm³/mol. The quantitative estimate of drug-likeness (QED) is 0.417. The molecule has 0 aliphatic carbocycles. The Balaban J connectivity index is 1.72. The zero-order chi connectivity index (χ0) is 17.1. The third-order valence-corrected chi connectivity index (χ3v) is 3.66. The molecule has 1 heterocycles. The van der Waals surface area contributed by atoms with Gasteiger partial charge in [-0.2, -0.15) is 5.10 Å². The van der Waals surface area contributed by atoms with Gasteiger partial charge in [0.15, 0.2) is 5.76 Å². The monoisotopic (exact) mass is 387 g/mol. The molecule has 120 valence electrons. The first-order valence-corrected chi connectivity index (χ1v) is 7.59. The first kappa shape index (κ1) is 15.9. The van der Waals surface area contributed by atoms with Crippen molar-refractivity contribution in [3.8, 4) is 0 Å². The summed E-state index contributed by atoms with van der Waals surface area (Å²) in [5.74, 6) is -0.386. The SMILES string of the molecule is O=C(N/N=C/c1cccc([N+](=O)[O-])c1)c1cc2cc(Br)ccc2o1. The summed E-state index contributed by atoms with van der Waals surface area (Å²) < 4.78 is 6.32. The van der Waals surface area contributed by atoms with Gasteiger partial charge >= 0.3 is 5.91 Å². The number of hydrazone groups is 1. The van der Waals surface area contributed by atoms with Gasteiger partial charge in [0.2, 0.25) is 0 Å². The summed E-state index contributed by atoms with van der Waals surface area (Å²) in [6.45, 7) is 0. The largest absolute Gasteiger partial charge is 0.451 e. The molecule has 8 heteroatoms. The number of nitrogens with one attached hydrogen (secondary N) is 1. The number of nitro groups is 1. The van der Waals surface area contributed by atoms with E-state index in [9.17, 15) is 14.9 Å². The van der Waals surface area contributed by atoms with Gasteiger partial charge in [0.1, 0.15) is 5.58 Å². The van der Waals surface area contributed by atoms with E-state index in [4.69, 9.17) is 4.42 Å². The van der Waals surface area contributed by atoms with Crippen LogP contribution in [0.3, 0.4) is 0 Å². The average Bonchev–Trinajstić information content (AvgIpc) is 2.98. The molecule has 3 rings (SSSR count). The highest BCUT2D eigenvalue weighted by Crippen LogP contribution is 2.23. The van der Waals surface area contributed by atoms with Crippen LogP contribution < -0.4 is 5.43 Å². The van der Waals surface area contributed by atoms with Crippen molar-refractivity contribution in [3.63, 3.8) is 0 Å². The van der Waals surface area contributed by atoms with Crippen molar-refractivity contribution in [3.05, 3.63) is 74.4 Å². The lowest BCUT2D eigenvalue weighted by atomic mass is 10.2. The van der Waals surface area contributed by atoms with Crippen LogP contribution in [-0.4, -0.2) is 17.0 Å². The molecule has 0 saturated carbocycles. The smallest absolute Gasteiger partial charge is 0.307 e. The maximum Gasteiger partial charge on any atom is 0.307 e.